The van der Waals surface area contributed by atoms with Crippen LogP contribution in [0.5, 0.6) is 0 Å². The van der Waals surface area contributed by atoms with Crippen molar-refractivity contribution in [3.63, 3.8) is 0 Å². The Morgan fingerprint density at radius 1 is 0.737 bits per heavy atom. The van der Waals surface area contributed by atoms with Crippen LogP contribution in [-0.4, -0.2) is 36.0 Å². The van der Waals surface area contributed by atoms with E-state index in [2.05, 4.69) is 13.8 Å². The van der Waals surface area contributed by atoms with Crippen LogP contribution < -0.4 is 0 Å². The molecular weight excluding hydrogens is 357 g/mol. The monoisotopic (exact) mass is 395 g/mol. The summed E-state index contributed by atoms with van der Waals surface area (Å²) in [5, 5.41) is 0. The number of hydrogen-bond acceptors (Lipinski definition) is 0. The topological polar surface area (TPSA) is 0 Å². The molecule has 2 rings (SSSR count). The van der Waals surface area contributed by atoms with Crippen LogP contribution in [0.1, 0.15) is 67.2 Å². The summed E-state index contributed by atoms with van der Waals surface area (Å²) in [6.45, 7) is 13.0. The van der Waals surface area contributed by atoms with Gasteiger partial charge in [0.05, 0.1) is 36.0 Å². The van der Waals surface area contributed by atoms with Crippen molar-refractivity contribution < 1.29 is 19.5 Å². The van der Waals surface area contributed by atoms with E-state index in [-0.39, 0.29) is 35.3 Å². The minimum Gasteiger partial charge on any atom is -0.0683 e. The molecular formula is C16H38P2Rh+2. The van der Waals surface area contributed by atoms with Crippen LogP contribution in [0.3, 0.4) is 0 Å². The maximum Gasteiger partial charge on any atom is 0.0907 e. The first-order valence-electron chi connectivity index (χ1n) is 8.46. The van der Waals surface area contributed by atoms with Gasteiger partial charge in [-0.1, -0.05) is 27.7 Å². The van der Waals surface area contributed by atoms with Crippen LogP contribution in [0.25, 0.3) is 0 Å². The minimum atomic E-state index is 0. The Balaban J connectivity index is 0. The average Bonchev–Trinajstić information content (AvgIpc) is 3.01. The Bertz CT molecular complexity index is 168. The molecule has 0 saturated carbocycles. The molecule has 119 valence electrons. The van der Waals surface area contributed by atoms with E-state index in [9.17, 15) is 0 Å². The summed E-state index contributed by atoms with van der Waals surface area (Å²) in [5.41, 5.74) is 2.30. The van der Waals surface area contributed by atoms with Crippen molar-refractivity contribution in [3.8, 4) is 0 Å². The normalized spacial score (nSPS) is 32.5. The van der Waals surface area contributed by atoms with E-state index < -0.39 is 0 Å². The van der Waals surface area contributed by atoms with Crippen molar-refractivity contribution in [1.82, 2.24) is 0 Å². The van der Waals surface area contributed by atoms with Crippen molar-refractivity contribution in [2.45, 2.75) is 78.5 Å². The predicted octanol–water partition coefficient (Wildman–Crippen LogP) is 5.83. The van der Waals surface area contributed by atoms with Gasteiger partial charge in [0.1, 0.15) is 0 Å². The van der Waals surface area contributed by atoms with Gasteiger partial charge < -0.3 is 0 Å². The van der Waals surface area contributed by atoms with Gasteiger partial charge in [-0.25, -0.2) is 0 Å². The van der Waals surface area contributed by atoms with Gasteiger partial charge >= 0.3 is 0 Å². The summed E-state index contributed by atoms with van der Waals surface area (Å²) in [6, 6.07) is 0. The third-order valence-electron chi connectivity index (χ3n) is 4.43. The Labute approximate surface area is 138 Å². The fraction of sp³-hybridized carbons (Fsp3) is 1.00. The fourth-order valence-electron chi connectivity index (χ4n) is 3.24. The second kappa shape index (κ2) is 14.4. The molecule has 0 nitrogen and oxygen atoms in total. The molecule has 2 saturated heterocycles. The third kappa shape index (κ3) is 8.49. The van der Waals surface area contributed by atoms with E-state index >= 15 is 0 Å². The van der Waals surface area contributed by atoms with Crippen molar-refractivity contribution >= 4 is 15.8 Å². The molecule has 2 aliphatic rings. The van der Waals surface area contributed by atoms with Gasteiger partial charge in [-0.2, -0.15) is 0 Å². The summed E-state index contributed by atoms with van der Waals surface area (Å²) in [6.07, 6.45) is 12.9. The molecule has 19 heavy (non-hydrogen) atoms. The molecule has 0 aromatic carbocycles. The molecule has 3 heteroatoms. The van der Waals surface area contributed by atoms with Crippen molar-refractivity contribution in [1.29, 1.82) is 0 Å². The summed E-state index contributed by atoms with van der Waals surface area (Å²) in [5.74, 6) is 0. The van der Waals surface area contributed by atoms with Gasteiger partial charge in [-0.15, -0.1) is 0 Å². The van der Waals surface area contributed by atoms with E-state index in [1.54, 1.807) is 50.3 Å². The first kappa shape index (κ1) is 22.8. The van der Waals surface area contributed by atoms with Crippen LogP contribution in [0.2, 0.25) is 0 Å². The van der Waals surface area contributed by atoms with E-state index in [1.165, 1.54) is 0 Å². The van der Waals surface area contributed by atoms with Crippen LogP contribution in [0.15, 0.2) is 0 Å². The van der Waals surface area contributed by atoms with E-state index in [0.29, 0.717) is 0 Å². The third-order valence-corrected chi connectivity index (χ3v) is 12.1. The van der Waals surface area contributed by atoms with Gasteiger partial charge in [0.2, 0.25) is 0 Å². The summed E-state index contributed by atoms with van der Waals surface area (Å²) in [4.78, 5) is 0. The van der Waals surface area contributed by atoms with Gasteiger partial charge in [0, 0.05) is 35.3 Å². The smallest absolute Gasteiger partial charge is 0.0683 e. The van der Waals surface area contributed by atoms with E-state index in [0.717, 1.165) is 11.3 Å². The Morgan fingerprint density at radius 2 is 1.05 bits per heavy atom. The Kier molecular flexibility index (Phi) is 17.3. The second-order valence-corrected chi connectivity index (χ2v) is 12.0. The quantitative estimate of drug-likeness (QED) is 0.417. The Morgan fingerprint density at radius 3 is 1.26 bits per heavy atom. The van der Waals surface area contributed by atoms with Crippen molar-refractivity contribution in [2.75, 3.05) is 24.6 Å². The van der Waals surface area contributed by atoms with Gasteiger partial charge in [0.15, 0.2) is 0 Å². The SMILES string of the molecule is CC.CC.C[C@H]1CCC[PH+]1CC[PH+]1CCC[C@@H]1C.[Rh]. The number of rotatable bonds is 3. The Hall–Kier alpha value is 1.48. The zero-order valence-electron chi connectivity index (χ0n) is 14.1. The molecule has 0 aromatic heterocycles. The minimum absolute atomic E-state index is 0. The molecule has 2 fully saturated rings. The van der Waals surface area contributed by atoms with Gasteiger partial charge in [-0.05, 0) is 39.5 Å². The molecule has 0 amide bonds. The molecule has 2 unspecified atom stereocenters. The summed E-state index contributed by atoms with van der Waals surface area (Å²) in [7, 11) is 0.251. The molecule has 0 N–H and O–H groups in total. The maximum absolute atomic E-state index is 2.52. The largest absolute Gasteiger partial charge is 0.0907 e. The van der Waals surface area contributed by atoms with Crippen molar-refractivity contribution in [3.05, 3.63) is 0 Å². The van der Waals surface area contributed by atoms with Crippen molar-refractivity contribution in [2.24, 2.45) is 0 Å². The van der Waals surface area contributed by atoms with E-state index in [1.807, 2.05) is 27.7 Å². The summed E-state index contributed by atoms with van der Waals surface area (Å²) >= 11 is 0. The zero-order valence-corrected chi connectivity index (χ0v) is 17.8. The molecule has 2 heterocycles. The first-order valence-corrected chi connectivity index (χ1v) is 12.4. The maximum atomic E-state index is 2.52. The molecule has 1 radical (unpaired) electrons. The molecule has 0 spiro atoms. The van der Waals surface area contributed by atoms with Crippen LogP contribution in [-0.2, 0) is 19.5 Å². The fourth-order valence-corrected chi connectivity index (χ4v) is 10.8. The first-order chi connectivity index (χ1) is 8.77. The van der Waals surface area contributed by atoms with Gasteiger partial charge in [-0.3, -0.25) is 0 Å². The molecule has 0 bridgehead atoms. The standard InChI is InChI=1S/C12H24P2.2C2H6.Rh/c1-11-5-3-7-13(11)9-10-14-8-4-6-12(14)2;2*1-2;/h11-12H,3-10H2,1-2H3;2*1-2H3;/p+2/t11-,12-,13?,14?;;;/m0.../s1. The average molecular weight is 395 g/mol. The number of hydrogen-bond donors (Lipinski definition) is 0. The molecule has 4 atom stereocenters. The molecule has 0 aliphatic carbocycles. The van der Waals surface area contributed by atoms with Crippen LogP contribution >= 0.6 is 15.8 Å². The zero-order chi connectivity index (χ0) is 14.0. The molecule has 2 aliphatic heterocycles. The molecule has 0 aromatic rings. The van der Waals surface area contributed by atoms with Gasteiger partial charge in [0.25, 0.3) is 0 Å². The van der Waals surface area contributed by atoms with E-state index in [4.69, 9.17) is 0 Å². The van der Waals surface area contributed by atoms with Crippen LogP contribution in [0.4, 0.5) is 0 Å². The predicted molar refractivity (Wildman–Crippen MR) is 96.2 cm³/mol. The van der Waals surface area contributed by atoms with Crippen LogP contribution in [0, 0.1) is 0 Å². The second-order valence-electron chi connectivity index (χ2n) is 5.40. The summed E-state index contributed by atoms with van der Waals surface area (Å²) < 4.78 is 0.